The van der Waals surface area contributed by atoms with Gasteiger partial charge in [-0.15, -0.1) is 0 Å². The van der Waals surface area contributed by atoms with E-state index in [2.05, 4.69) is 31.1 Å². The van der Waals surface area contributed by atoms with E-state index in [0.717, 1.165) is 5.56 Å². The number of benzene rings is 1. The zero-order valence-electron chi connectivity index (χ0n) is 14.1. The highest BCUT2D eigenvalue weighted by molar-refractivity contribution is 9.10. The summed E-state index contributed by atoms with van der Waals surface area (Å²) in [6.45, 7) is 8.92. The Kier molecular flexibility index (Phi) is 4.91. The number of pyridine rings is 1. The Morgan fingerprint density at radius 1 is 1.42 bits per heavy atom. The molecule has 0 aliphatic carbocycles. The zero-order valence-corrected chi connectivity index (χ0v) is 15.7. The summed E-state index contributed by atoms with van der Waals surface area (Å²) in [7, 11) is 1.60. The predicted octanol–water partition coefficient (Wildman–Crippen LogP) is 2.86. The average molecular weight is 415 g/mol. The number of aryl methyl sites for hydroxylation is 1. The van der Waals surface area contributed by atoms with E-state index in [-0.39, 0.29) is 18.2 Å². The molecule has 8 heteroatoms. The maximum Gasteiger partial charge on any atom is 0.270 e. The number of hydrogen-bond donors (Lipinski definition) is 1. The van der Waals surface area contributed by atoms with Crippen molar-refractivity contribution < 1.29 is 14.3 Å². The Labute approximate surface area is 158 Å². The van der Waals surface area contributed by atoms with E-state index in [1.807, 2.05) is 6.92 Å². The lowest BCUT2D eigenvalue weighted by molar-refractivity contribution is -0.120. The van der Waals surface area contributed by atoms with Gasteiger partial charge in [-0.3, -0.25) is 9.59 Å². The first-order valence-electron chi connectivity index (χ1n) is 7.76. The Morgan fingerprint density at radius 3 is 2.88 bits per heavy atom. The van der Waals surface area contributed by atoms with Crippen molar-refractivity contribution in [1.82, 2.24) is 10.3 Å². The van der Waals surface area contributed by atoms with Crippen molar-refractivity contribution in [2.24, 2.45) is 0 Å². The molecule has 1 N–H and O–H groups in total. The molecule has 1 aliphatic heterocycles. The molecule has 132 valence electrons. The highest BCUT2D eigenvalue weighted by Gasteiger charge is 2.31. The fraction of sp³-hybridized carbons (Fsp3) is 0.222. The largest absolute Gasteiger partial charge is 0.490 e. The number of carbonyl (C=O) groups excluding carboxylic acids is 2. The number of halogens is 1. The van der Waals surface area contributed by atoms with Gasteiger partial charge < -0.3 is 15.0 Å². The average Bonchev–Trinajstić information content (AvgIpc) is 2.75. The van der Waals surface area contributed by atoms with Gasteiger partial charge in [-0.25, -0.2) is 9.83 Å². The molecule has 0 fully saturated rings. The minimum absolute atomic E-state index is 0.0314. The molecular weight excluding hydrogens is 400 g/mol. The fourth-order valence-electron chi connectivity index (χ4n) is 2.53. The van der Waals surface area contributed by atoms with Gasteiger partial charge in [-0.2, -0.15) is 0 Å². The van der Waals surface area contributed by atoms with Crippen LogP contribution < -0.4 is 15.0 Å². The summed E-state index contributed by atoms with van der Waals surface area (Å²) < 4.78 is 6.25. The highest BCUT2D eigenvalue weighted by Crippen LogP contribution is 2.34. The number of amides is 2. The molecule has 7 nitrogen and oxygen atoms in total. The van der Waals surface area contributed by atoms with Crippen molar-refractivity contribution >= 4 is 39.1 Å². The molecule has 1 unspecified atom stereocenters. The summed E-state index contributed by atoms with van der Waals surface area (Å²) in [5, 5.41) is 2.67. The van der Waals surface area contributed by atoms with Crippen LogP contribution in [0.5, 0.6) is 5.75 Å². The third-order valence-electron chi connectivity index (χ3n) is 4.04. The lowest BCUT2D eigenvalue weighted by Gasteiger charge is -2.20. The summed E-state index contributed by atoms with van der Waals surface area (Å²) in [6, 6.07) is 7.35. The topological polar surface area (TPSA) is 75.9 Å². The molecule has 26 heavy (non-hydrogen) atoms. The standard InChI is InChI=1S/C18H15BrN4O3/c1-10-4-6-12(21-16(10)19)17(24)22-13-9-26-15-8-11(20-2)5-7-14(15)23(3)18(13)25/h4-8,13H,9H2,1,3H3,(H,22,24). The van der Waals surface area contributed by atoms with Gasteiger partial charge in [0.15, 0.2) is 5.69 Å². The van der Waals surface area contributed by atoms with Crippen LogP contribution in [0.4, 0.5) is 11.4 Å². The number of nitrogens with one attached hydrogen (secondary N) is 1. The summed E-state index contributed by atoms with van der Waals surface area (Å²) in [4.78, 5) is 34.1. The SMILES string of the molecule is [C-]#[N+]c1ccc2c(c1)OCC(NC(=O)c1ccc(C)c(Br)n1)C(=O)N2C. The van der Waals surface area contributed by atoms with Gasteiger partial charge in [0, 0.05) is 7.05 Å². The Balaban J connectivity index is 1.82. The summed E-state index contributed by atoms with van der Waals surface area (Å²) in [6.07, 6.45) is 0. The number of ether oxygens (including phenoxy) is 1. The van der Waals surface area contributed by atoms with Gasteiger partial charge in [0.25, 0.3) is 11.8 Å². The second-order valence-electron chi connectivity index (χ2n) is 5.80. The molecule has 2 heterocycles. The van der Waals surface area contributed by atoms with Gasteiger partial charge in [-0.05, 0) is 46.6 Å². The number of nitrogens with zero attached hydrogens (tertiary/aromatic N) is 3. The quantitative estimate of drug-likeness (QED) is 0.605. The van der Waals surface area contributed by atoms with Crippen LogP contribution in [0.2, 0.25) is 0 Å². The van der Waals surface area contributed by atoms with Crippen LogP contribution in [0, 0.1) is 13.5 Å². The van der Waals surface area contributed by atoms with Crippen molar-refractivity contribution in [3.8, 4) is 5.75 Å². The molecule has 1 aliphatic rings. The van der Waals surface area contributed by atoms with Gasteiger partial charge in [-0.1, -0.05) is 12.1 Å². The number of fused-ring (bicyclic) bond motifs is 1. The normalized spacial score (nSPS) is 16.2. The van der Waals surface area contributed by atoms with Crippen molar-refractivity contribution in [2.75, 3.05) is 18.6 Å². The van der Waals surface area contributed by atoms with E-state index < -0.39 is 11.9 Å². The number of rotatable bonds is 2. The monoisotopic (exact) mass is 414 g/mol. The van der Waals surface area contributed by atoms with Crippen LogP contribution in [0.3, 0.4) is 0 Å². The van der Waals surface area contributed by atoms with Crippen LogP contribution in [0.1, 0.15) is 16.1 Å². The van der Waals surface area contributed by atoms with E-state index in [1.165, 1.54) is 4.90 Å². The molecule has 1 atom stereocenters. The van der Waals surface area contributed by atoms with Crippen molar-refractivity contribution in [3.63, 3.8) is 0 Å². The smallest absolute Gasteiger partial charge is 0.270 e. The number of anilines is 1. The van der Waals surface area contributed by atoms with Crippen LogP contribution in [-0.4, -0.2) is 36.5 Å². The predicted molar refractivity (Wildman–Crippen MR) is 99.5 cm³/mol. The van der Waals surface area contributed by atoms with E-state index >= 15 is 0 Å². The van der Waals surface area contributed by atoms with E-state index in [9.17, 15) is 9.59 Å². The molecule has 0 radical (unpaired) electrons. The number of likely N-dealkylation sites (N-methyl/N-ethyl adjacent to an activating group) is 1. The molecule has 2 amide bonds. The molecule has 2 aromatic rings. The molecular formula is C18H15BrN4O3. The van der Waals surface area contributed by atoms with Crippen molar-refractivity contribution in [3.05, 3.63) is 57.6 Å². The maximum absolute atomic E-state index is 12.7. The van der Waals surface area contributed by atoms with Crippen LogP contribution in [0.25, 0.3) is 4.85 Å². The fourth-order valence-corrected chi connectivity index (χ4v) is 2.85. The van der Waals surface area contributed by atoms with Crippen LogP contribution in [-0.2, 0) is 4.79 Å². The zero-order chi connectivity index (χ0) is 18.8. The molecule has 1 aromatic carbocycles. The lowest BCUT2D eigenvalue weighted by atomic mass is 10.2. The first-order chi connectivity index (χ1) is 12.4. The van der Waals surface area contributed by atoms with E-state index in [1.54, 1.807) is 37.4 Å². The third kappa shape index (κ3) is 3.39. The van der Waals surface area contributed by atoms with Gasteiger partial charge >= 0.3 is 0 Å². The number of aromatic nitrogens is 1. The van der Waals surface area contributed by atoms with Crippen LogP contribution in [0.15, 0.2) is 34.9 Å². The number of hydrogen-bond acceptors (Lipinski definition) is 4. The van der Waals surface area contributed by atoms with Gasteiger partial charge in [0.05, 0.1) is 12.3 Å². The summed E-state index contributed by atoms with van der Waals surface area (Å²) in [5.74, 6) is -0.338. The molecule has 3 rings (SSSR count). The first kappa shape index (κ1) is 17.9. The van der Waals surface area contributed by atoms with Gasteiger partial charge in [0.2, 0.25) is 0 Å². The molecule has 0 saturated carbocycles. The van der Waals surface area contributed by atoms with Crippen molar-refractivity contribution in [2.45, 2.75) is 13.0 Å². The van der Waals surface area contributed by atoms with Crippen molar-refractivity contribution in [1.29, 1.82) is 0 Å². The number of carbonyl (C=O) groups is 2. The van der Waals surface area contributed by atoms with Gasteiger partial charge in [0.1, 0.15) is 28.7 Å². The second-order valence-corrected chi connectivity index (χ2v) is 6.55. The Bertz CT molecular complexity index is 939. The minimum Gasteiger partial charge on any atom is -0.490 e. The minimum atomic E-state index is -0.863. The third-order valence-corrected chi connectivity index (χ3v) is 4.84. The lowest BCUT2D eigenvalue weighted by Crippen LogP contribution is -2.49. The second kappa shape index (κ2) is 7.14. The van der Waals surface area contributed by atoms with E-state index in [4.69, 9.17) is 11.3 Å². The summed E-state index contributed by atoms with van der Waals surface area (Å²) >= 11 is 3.29. The Hall–Kier alpha value is -2.92. The molecule has 0 spiro atoms. The molecule has 0 saturated heterocycles. The highest BCUT2D eigenvalue weighted by atomic mass is 79.9. The first-order valence-corrected chi connectivity index (χ1v) is 8.56. The van der Waals surface area contributed by atoms with E-state index in [0.29, 0.717) is 21.7 Å². The Morgan fingerprint density at radius 2 is 2.19 bits per heavy atom. The summed E-state index contributed by atoms with van der Waals surface area (Å²) in [5.41, 5.74) is 2.08. The van der Waals surface area contributed by atoms with Crippen LogP contribution >= 0.6 is 15.9 Å². The molecule has 0 bridgehead atoms. The maximum atomic E-state index is 12.7. The molecule has 1 aromatic heterocycles.